The summed E-state index contributed by atoms with van der Waals surface area (Å²) in [7, 11) is 1.89. The quantitative estimate of drug-likeness (QED) is 0.863. The molecule has 0 spiro atoms. The van der Waals surface area contributed by atoms with Crippen molar-refractivity contribution in [2.45, 2.75) is 32.4 Å². The SMILES string of the molecule is CCOC(=O)Nc1ccc2c(c1)nc(CNC(=O)[C@H]1CCCO1)n2C. The van der Waals surface area contributed by atoms with E-state index in [0.717, 1.165) is 29.7 Å². The van der Waals surface area contributed by atoms with E-state index in [4.69, 9.17) is 9.47 Å². The molecule has 8 heteroatoms. The molecule has 2 aromatic rings. The summed E-state index contributed by atoms with van der Waals surface area (Å²) < 4.78 is 12.2. The summed E-state index contributed by atoms with van der Waals surface area (Å²) in [6, 6.07) is 5.43. The second-order valence-electron chi connectivity index (χ2n) is 5.86. The van der Waals surface area contributed by atoms with Crippen molar-refractivity contribution in [2.24, 2.45) is 7.05 Å². The Bertz CT molecular complexity index is 780. The van der Waals surface area contributed by atoms with Crippen molar-refractivity contribution in [3.8, 4) is 0 Å². The van der Waals surface area contributed by atoms with Gasteiger partial charge in [-0.2, -0.15) is 0 Å². The van der Waals surface area contributed by atoms with Crippen LogP contribution < -0.4 is 10.6 Å². The average molecular weight is 346 g/mol. The van der Waals surface area contributed by atoms with Crippen LogP contribution in [0.15, 0.2) is 18.2 Å². The van der Waals surface area contributed by atoms with Gasteiger partial charge in [0, 0.05) is 19.3 Å². The van der Waals surface area contributed by atoms with Gasteiger partial charge in [-0.1, -0.05) is 0 Å². The lowest BCUT2D eigenvalue weighted by Crippen LogP contribution is -2.34. The number of hydrogen-bond donors (Lipinski definition) is 2. The fraction of sp³-hybridized carbons (Fsp3) is 0.471. The fourth-order valence-electron chi connectivity index (χ4n) is 2.84. The summed E-state index contributed by atoms with van der Waals surface area (Å²) in [5, 5.41) is 5.52. The maximum atomic E-state index is 12.0. The van der Waals surface area contributed by atoms with Gasteiger partial charge in [-0.3, -0.25) is 10.1 Å². The summed E-state index contributed by atoms with van der Waals surface area (Å²) in [5.74, 6) is 0.629. The first-order valence-electron chi connectivity index (χ1n) is 8.37. The molecule has 0 saturated carbocycles. The van der Waals surface area contributed by atoms with Gasteiger partial charge >= 0.3 is 6.09 Å². The molecule has 2 amide bonds. The smallest absolute Gasteiger partial charge is 0.411 e. The Morgan fingerprint density at radius 2 is 2.28 bits per heavy atom. The zero-order valence-electron chi connectivity index (χ0n) is 14.4. The molecule has 0 aliphatic carbocycles. The molecule has 134 valence electrons. The number of nitrogens with zero attached hydrogens (tertiary/aromatic N) is 2. The number of hydrogen-bond acceptors (Lipinski definition) is 5. The normalized spacial score (nSPS) is 16.8. The van der Waals surface area contributed by atoms with Crippen LogP contribution in [0, 0.1) is 0 Å². The van der Waals surface area contributed by atoms with Crippen LogP contribution in [0.25, 0.3) is 11.0 Å². The molecular formula is C17H22N4O4. The lowest BCUT2D eigenvalue weighted by atomic mass is 10.2. The maximum Gasteiger partial charge on any atom is 0.411 e. The van der Waals surface area contributed by atoms with Gasteiger partial charge in [-0.05, 0) is 38.0 Å². The molecule has 1 aromatic heterocycles. The summed E-state index contributed by atoms with van der Waals surface area (Å²) in [6.07, 6.45) is 0.828. The predicted octanol–water partition coefficient (Wildman–Crippen LogP) is 1.94. The summed E-state index contributed by atoms with van der Waals surface area (Å²) in [4.78, 5) is 28.1. The zero-order valence-corrected chi connectivity index (χ0v) is 14.4. The van der Waals surface area contributed by atoms with E-state index < -0.39 is 6.09 Å². The van der Waals surface area contributed by atoms with Crippen LogP contribution in [0.4, 0.5) is 10.5 Å². The van der Waals surface area contributed by atoms with E-state index in [1.165, 1.54) is 0 Å². The molecule has 1 aliphatic rings. The van der Waals surface area contributed by atoms with Crippen molar-refractivity contribution in [2.75, 3.05) is 18.5 Å². The van der Waals surface area contributed by atoms with Crippen LogP contribution in [-0.4, -0.2) is 40.9 Å². The molecule has 2 heterocycles. The van der Waals surface area contributed by atoms with Crippen LogP contribution in [0.1, 0.15) is 25.6 Å². The highest BCUT2D eigenvalue weighted by molar-refractivity contribution is 5.89. The van der Waals surface area contributed by atoms with Crippen molar-refractivity contribution in [1.29, 1.82) is 0 Å². The second kappa shape index (κ2) is 7.52. The van der Waals surface area contributed by atoms with Gasteiger partial charge in [-0.25, -0.2) is 9.78 Å². The zero-order chi connectivity index (χ0) is 17.8. The van der Waals surface area contributed by atoms with E-state index >= 15 is 0 Å². The maximum absolute atomic E-state index is 12.0. The summed E-state index contributed by atoms with van der Waals surface area (Å²) >= 11 is 0. The standard InChI is InChI=1S/C17H22N4O4/c1-3-24-17(23)19-11-6-7-13-12(9-11)20-15(21(13)2)10-18-16(22)14-5-4-8-25-14/h6-7,9,14H,3-5,8,10H2,1-2H3,(H,18,22)(H,19,23)/t14-/m1/s1. The molecule has 1 saturated heterocycles. The van der Waals surface area contributed by atoms with E-state index in [1.807, 2.05) is 17.7 Å². The topological polar surface area (TPSA) is 94.5 Å². The molecule has 0 radical (unpaired) electrons. The Kier molecular flexibility index (Phi) is 5.18. The van der Waals surface area contributed by atoms with Crippen LogP contribution in [0.2, 0.25) is 0 Å². The number of imidazole rings is 1. The Hall–Kier alpha value is -2.61. The molecule has 1 aliphatic heterocycles. The van der Waals surface area contributed by atoms with Gasteiger partial charge in [0.2, 0.25) is 5.91 Å². The van der Waals surface area contributed by atoms with Crippen LogP contribution in [0.5, 0.6) is 0 Å². The van der Waals surface area contributed by atoms with E-state index in [0.29, 0.717) is 25.4 Å². The van der Waals surface area contributed by atoms with Crippen molar-refractivity contribution >= 4 is 28.7 Å². The highest BCUT2D eigenvalue weighted by Crippen LogP contribution is 2.20. The van der Waals surface area contributed by atoms with E-state index in [9.17, 15) is 9.59 Å². The van der Waals surface area contributed by atoms with Crippen LogP contribution in [-0.2, 0) is 27.9 Å². The molecule has 3 rings (SSSR count). The number of aryl methyl sites for hydroxylation is 1. The Morgan fingerprint density at radius 1 is 1.44 bits per heavy atom. The Balaban J connectivity index is 1.70. The number of anilines is 1. The predicted molar refractivity (Wildman–Crippen MR) is 92.2 cm³/mol. The van der Waals surface area contributed by atoms with E-state index in [2.05, 4.69) is 15.6 Å². The van der Waals surface area contributed by atoms with Crippen LogP contribution >= 0.6 is 0 Å². The fourth-order valence-corrected chi connectivity index (χ4v) is 2.84. The Morgan fingerprint density at radius 3 is 3.00 bits per heavy atom. The van der Waals surface area contributed by atoms with Gasteiger partial charge in [-0.15, -0.1) is 0 Å². The number of ether oxygens (including phenoxy) is 2. The Labute approximate surface area is 145 Å². The van der Waals surface area contributed by atoms with Gasteiger partial charge in [0.15, 0.2) is 0 Å². The van der Waals surface area contributed by atoms with Crippen molar-refractivity contribution in [1.82, 2.24) is 14.9 Å². The first kappa shape index (κ1) is 17.2. The largest absolute Gasteiger partial charge is 0.450 e. The van der Waals surface area contributed by atoms with Gasteiger partial charge < -0.3 is 19.4 Å². The highest BCUT2D eigenvalue weighted by Gasteiger charge is 2.23. The molecule has 25 heavy (non-hydrogen) atoms. The summed E-state index contributed by atoms with van der Waals surface area (Å²) in [6.45, 7) is 3.02. The third-order valence-corrected chi connectivity index (χ3v) is 4.14. The molecule has 0 bridgehead atoms. The van der Waals surface area contributed by atoms with E-state index in [1.54, 1.807) is 19.1 Å². The number of rotatable bonds is 5. The third-order valence-electron chi connectivity index (χ3n) is 4.14. The van der Waals surface area contributed by atoms with Gasteiger partial charge in [0.05, 0.1) is 24.2 Å². The minimum atomic E-state index is -0.498. The average Bonchev–Trinajstić information content (AvgIpc) is 3.22. The summed E-state index contributed by atoms with van der Waals surface area (Å²) in [5.41, 5.74) is 2.26. The molecule has 1 aromatic carbocycles. The molecule has 8 nitrogen and oxygen atoms in total. The van der Waals surface area contributed by atoms with Crippen LogP contribution in [0.3, 0.4) is 0 Å². The lowest BCUT2D eigenvalue weighted by molar-refractivity contribution is -0.130. The second-order valence-corrected chi connectivity index (χ2v) is 5.86. The first-order valence-corrected chi connectivity index (χ1v) is 8.37. The van der Waals surface area contributed by atoms with Crippen molar-refractivity contribution in [3.63, 3.8) is 0 Å². The molecule has 1 atom stereocenters. The number of benzene rings is 1. The monoisotopic (exact) mass is 346 g/mol. The molecule has 0 unspecified atom stereocenters. The lowest BCUT2D eigenvalue weighted by Gasteiger charge is -2.10. The highest BCUT2D eigenvalue weighted by atomic mass is 16.5. The number of carbonyl (C=O) groups excluding carboxylic acids is 2. The van der Waals surface area contributed by atoms with Crippen molar-refractivity contribution in [3.05, 3.63) is 24.0 Å². The first-order chi connectivity index (χ1) is 12.1. The van der Waals surface area contributed by atoms with Crippen molar-refractivity contribution < 1.29 is 19.1 Å². The number of aromatic nitrogens is 2. The third kappa shape index (κ3) is 3.90. The number of fused-ring (bicyclic) bond motifs is 1. The minimum Gasteiger partial charge on any atom is -0.450 e. The number of nitrogens with one attached hydrogen (secondary N) is 2. The molecular weight excluding hydrogens is 324 g/mol. The molecule has 1 fully saturated rings. The molecule has 2 N–H and O–H groups in total. The number of carbonyl (C=O) groups is 2. The van der Waals surface area contributed by atoms with Gasteiger partial charge in [0.25, 0.3) is 0 Å². The minimum absolute atomic E-state index is 0.103. The van der Waals surface area contributed by atoms with Gasteiger partial charge in [0.1, 0.15) is 11.9 Å². The van der Waals surface area contributed by atoms with E-state index in [-0.39, 0.29) is 12.0 Å². The number of amides is 2.